The van der Waals surface area contributed by atoms with Gasteiger partial charge in [-0.3, -0.25) is 4.98 Å². The number of halogens is 2. The fourth-order valence-electron chi connectivity index (χ4n) is 2.46. The largest absolute Gasteiger partial charge is 0.324 e. The van der Waals surface area contributed by atoms with E-state index in [0.29, 0.717) is 10.9 Å². The van der Waals surface area contributed by atoms with Gasteiger partial charge in [0.1, 0.15) is 5.82 Å². The molecule has 3 aromatic rings. The number of benzene rings is 2. The molecule has 2 N–H and O–H groups in total. The first kappa shape index (κ1) is 14.2. The van der Waals surface area contributed by atoms with Gasteiger partial charge in [0.2, 0.25) is 0 Å². The molecule has 4 heteroatoms. The molecule has 1 atom stereocenters. The predicted octanol–water partition coefficient (Wildman–Crippen LogP) is 4.38. The van der Waals surface area contributed by atoms with Gasteiger partial charge in [-0.15, -0.1) is 0 Å². The monoisotopic (exact) mass is 344 g/mol. The maximum absolute atomic E-state index is 13.3. The second kappa shape index (κ2) is 5.92. The van der Waals surface area contributed by atoms with Crippen LogP contribution in [0.5, 0.6) is 0 Å². The Bertz CT molecular complexity index is 783. The molecule has 0 amide bonds. The fraction of sp³-hybridized carbons (Fsp3) is 0.118. The standard InChI is InChI=1S/C17H14BrFN2/c18-14-9-11(6-7-15(14)19)10-16(20)13-5-1-3-12-4-2-8-21-17(12)13/h1-9,16H,10,20H2. The van der Waals surface area contributed by atoms with Crippen molar-refractivity contribution in [2.45, 2.75) is 12.5 Å². The summed E-state index contributed by atoms with van der Waals surface area (Å²) < 4.78 is 13.7. The molecule has 3 rings (SSSR count). The lowest BCUT2D eigenvalue weighted by Gasteiger charge is -2.14. The lowest BCUT2D eigenvalue weighted by Crippen LogP contribution is -2.14. The molecule has 0 aliphatic heterocycles. The minimum Gasteiger partial charge on any atom is -0.324 e. The van der Waals surface area contributed by atoms with Gasteiger partial charge in [-0.2, -0.15) is 0 Å². The Morgan fingerprint density at radius 2 is 1.95 bits per heavy atom. The highest BCUT2D eigenvalue weighted by Gasteiger charge is 2.12. The zero-order chi connectivity index (χ0) is 14.8. The number of rotatable bonds is 3. The van der Waals surface area contributed by atoms with Crippen LogP contribution in [0.2, 0.25) is 0 Å². The molecule has 2 nitrogen and oxygen atoms in total. The zero-order valence-corrected chi connectivity index (χ0v) is 12.8. The SMILES string of the molecule is NC(Cc1ccc(F)c(Br)c1)c1cccc2cccnc12. The summed E-state index contributed by atoms with van der Waals surface area (Å²) in [7, 11) is 0. The Kier molecular flexibility index (Phi) is 3.99. The molecule has 0 saturated carbocycles. The molecule has 2 aromatic carbocycles. The molecular formula is C17H14BrFN2. The second-order valence-electron chi connectivity index (χ2n) is 4.98. The topological polar surface area (TPSA) is 38.9 Å². The van der Waals surface area contributed by atoms with Crippen molar-refractivity contribution < 1.29 is 4.39 Å². The summed E-state index contributed by atoms with van der Waals surface area (Å²) in [5.74, 6) is -0.265. The van der Waals surface area contributed by atoms with Crippen LogP contribution in [0.1, 0.15) is 17.2 Å². The number of hydrogen-bond donors (Lipinski definition) is 1. The van der Waals surface area contributed by atoms with E-state index >= 15 is 0 Å². The van der Waals surface area contributed by atoms with Crippen LogP contribution in [-0.2, 0) is 6.42 Å². The summed E-state index contributed by atoms with van der Waals surface area (Å²) in [4.78, 5) is 4.43. The van der Waals surface area contributed by atoms with Crippen LogP contribution in [-0.4, -0.2) is 4.98 Å². The lowest BCUT2D eigenvalue weighted by atomic mass is 9.97. The van der Waals surface area contributed by atoms with Crippen LogP contribution >= 0.6 is 15.9 Å². The van der Waals surface area contributed by atoms with E-state index in [9.17, 15) is 4.39 Å². The smallest absolute Gasteiger partial charge is 0.137 e. The van der Waals surface area contributed by atoms with Crippen LogP contribution in [0.25, 0.3) is 10.9 Å². The summed E-state index contributed by atoms with van der Waals surface area (Å²) in [5.41, 5.74) is 9.25. The molecule has 0 radical (unpaired) electrons. The number of nitrogens with two attached hydrogens (primary N) is 1. The van der Waals surface area contributed by atoms with Crippen LogP contribution in [0.15, 0.2) is 59.2 Å². The first-order valence-electron chi connectivity index (χ1n) is 6.68. The average Bonchev–Trinajstić information content (AvgIpc) is 2.50. The van der Waals surface area contributed by atoms with Crippen molar-refractivity contribution >= 4 is 26.8 Å². The van der Waals surface area contributed by atoms with Gasteiger partial charge in [-0.05, 0) is 51.7 Å². The Hall–Kier alpha value is -1.78. The summed E-state index contributed by atoms with van der Waals surface area (Å²) in [6, 6.07) is 14.7. The molecule has 21 heavy (non-hydrogen) atoms. The van der Waals surface area contributed by atoms with Crippen molar-refractivity contribution in [3.05, 3.63) is 76.1 Å². The van der Waals surface area contributed by atoms with Crippen LogP contribution in [0.3, 0.4) is 0 Å². The van der Waals surface area contributed by atoms with Gasteiger partial charge in [0, 0.05) is 17.6 Å². The van der Waals surface area contributed by atoms with Crippen molar-refractivity contribution in [1.29, 1.82) is 0 Å². The molecule has 0 fully saturated rings. The number of aromatic nitrogens is 1. The number of para-hydroxylation sites is 1. The van der Waals surface area contributed by atoms with E-state index in [1.165, 1.54) is 6.07 Å². The lowest BCUT2D eigenvalue weighted by molar-refractivity contribution is 0.619. The number of hydrogen-bond acceptors (Lipinski definition) is 2. The van der Waals surface area contributed by atoms with Crippen molar-refractivity contribution in [2.75, 3.05) is 0 Å². The van der Waals surface area contributed by atoms with E-state index in [4.69, 9.17) is 5.73 Å². The quantitative estimate of drug-likeness (QED) is 0.765. The highest BCUT2D eigenvalue weighted by molar-refractivity contribution is 9.10. The maximum atomic E-state index is 13.3. The van der Waals surface area contributed by atoms with Crippen molar-refractivity contribution in [3.8, 4) is 0 Å². The minimum absolute atomic E-state index is 0.180. The van der Waals surface area contributed by atoms with Gasteiger partial charge >= 0.3 is 0 Å². The molecule has 0 aliphatic carbocycles. The summed E-state index contributed by atoms with van der Waals surface area (Å²) in [6.45, 7) is 0. The van der Waals surface area contributed by atoms with Gasteiger partial charge < -0.3 is 5.73 Å². The maximum Gasteiger partial charge on any atom is 0.137 e. The predicted molar refractivity (Wildman–Crippen MR) is 86.5 cm³/mol. The van der Waals surface area contributed by atoms with E-state index in [1.807, 2.05) is 30.3 Å². The zero-order valence-electron chi connectivity index (χ0n) is 11.3. The molecule has 0 bridgehead atoms. The van der Waals surface area contributed by atoms with E-state index in [0.717, 1.165) is 22.0 Å². The summed E-state index contributed by atoms with van der Waals surface area (Å²) >= 11 is 3.20. The third-order valence-corrected chi connectivity index (χ3v) is 4.11. The molecule has 1 heterocycles. The number of pyridine rings is 1. The Morgan fingerprint density at radius 3 is 2.76 bits per heavy atom. The second-order valence-corrected chi connectivity index (χ2v) is 5.84. The number of nitrogens with zero attached hydrogens (tertiary/aromatic N) is 1. The van der Waals surface area contributed by atoms with E-state index in [-0.39, 0.29) is 11.9 Å². The summed E-state index contributed by atoms with van der Waals surface area (Å²) in [5, 5.41) is 1.07. The molecule has 0 saturated heterocycles. The average molecular weight is 345 g/mol. The Labute approximate surface area is 130 Å². The van der Waals surface area contributed by atoms with Crippen LogP contribution < -0.4 is 5.73 Å². The highest BCUT2D eigenvalue weighted by Crippen LogP contribution is 2.25. The molecular weight excluding hydrogens is 331 g/mol. The van der Waals surface area contributed by atoms with Crippen molar-refractivity contribution in [1.82, 2.24) is 4.98 Å². The van der Waals surface area contributed by atoms with Gasteiger partial charge in [-0.25, -0.2) is 4.39 Å². The van der Waals surface area contributed by atoms with E-state index < -0.39 is 0 Å². The molecule has 0 aliphatic rings. The first-order valence-corrected chi connectivity index (χ1v) is 7.47. The van der Waals surface area contributed by atoms with E-state index in [1.54, 1.807) is 18.3 Å². The van der Waals surface area contributed by atoms with E-state index in [2.05, 4.69) is 20.9 Å². The van der Waals surface area contributed by atoms with Crippen LogP contribution in [0.4, 0.5) is 4.39 Å². The molecule has 0 spiro atoms. The molecule has 1 aromatic heterocycles. The molecule has 1 unspecified atom stereocenters. The Balaban J connectivity index is 1.93. The number of fused-ring (bicyclic) bond motifs is 1. The third-order valence-electron chi connectivity index (χ3n) is 3.50. The molecule has 106 valence electrons. The Morgan fingerprint density at radius 1 is 1.14 bits per heavy atom. The van der Waals surface area contributed by atoms with Crippen molar-refractivity contribution in [2.24, 2.45) is 5.73 Å². The summed E-state index contributed by atoms with van der Waals surface area (Å²) in [6.07, 6.45) is 2.40. The van der Waals surface area contributed by atoms with Gasteiger partial charge in [0.05, 0.1) is 9.99 Å². The van der Waals surface area contributed by atoms with Crippen LogP contribution in [0, 0.1) is 5.82 Å². The van der Waals surface area contributed by atoms with Gasteiger partial charge in [0.15, 0.2) is 0 Å². The minimum atomic E-state index is -0.265. The first-order chi connectivity index (χ1) is 10.1. The normalized spacial score (nSPS) is 12.5. The fourth-order valence-corrected chi connectivity index (χ4v) is 2.88. The third kappa shape index (κ3) is 2.96. The van der Waals surface area contributed by atoms with Gasteiger partial charge in [-0.1, -0.05) is 30.3 Å². The van der Waals surface area contributed by atoms with Crippen molar-refractivity contribution in [3.63, 3.8) is 0 Å². The van der Waals surface area contributed by atoms with Gasteiger partial charge in [0.25, 0.3) is 0 Å². The highest BCUT2D eigenvalue weighted by atomic mass is 79.9.